The van der Waals surface area contributed by atoms with Crippen molar-refractivity contribution in [3.05, 3.63) is 53.1 Å². The molecule has 0 spiro atoms. The molecule has 0 aliphatic carbocycles. The number of likely N-dealkylation sites (N-methyl/N-ethyl adjacent to an activating group) is 1. The summed E-state index contributed by atoms with van der Waals surface area (Å²) in [6.07, 6.45) is 0. The van der Waals surface area contributed by atoms with Crippen molar-refractivity contribution in [2.45, 2.75) is 20.0 Å². The third-order valence-corrected chi connectivity index (χ3v) is 4.30. The van der Waals surface area contributed by atoms with E-state index >= 15 is 0 Å². The normalized spacial score (nSPS) is 11.6. The average Bonchev–Trinajstić information content (AvgIpc) is 2.67. The molecule has 2 aromatic rings. The smallest absolute Gasteiger partial charge is 0.275 e. The Balaban J connectivity index is 1.91. The number of benzene rings is 2. The zero-order valence-corrected chi connectivity index (χ0v) is 16.7. The molecule has 6 heteroatoms. The Hall–Kier alpha value is -2.73. The van der Waals surface area contributed by atoms with E-state index in [1.807, 2.05) is 19.2 Å². The van der Waals surface area contributed by atoms with E-state index in [-0.39, 0.29) is 5.91 Å². The van der Waals surface area contributed by atoms with Gasteiger partial charge in [0.15, 0.2) is 18.0 Å². The fraction of sp³-hybridized carbons (Fsp3) is 0.381. The number of hydrogen-bond donors (Lipinski definition) is 2. The number of rotatable bonds is 9. The van der Waals surface area contributed by atoms with Crippen molar-refractivity contribution in [2.24, 2.45) is 0 Å². The summed E-state index contributed by atoms with van der Waals surface area (Å²) in [5, 5.41) is 2.95. The zero-order chi connectivity index (χ0) is 19.8. The van der Waals surface area contributed by atoms with Crippen LogP contribution >= 0.6 is 0 Å². The number of ether oxygens (including phenoxy) is 3. The van der Waals surface area contributed by atoms with E-state index in [1.165, 1.54) is 11.1 Å². The Morgan fingerprint density at radius 2 is 1.56 bits per heavy atom. The number of methoxy groups -OCH3 is 3. The molecule has 0 aliphatic heterocycles. The lowest BCUT2D eigenvalue weighted by Crippen LogP contribution is -3.08. The Kier molecular flexibility index (Phi) is 7.49. The minimum absolute atomic E-state index is 0.00614. The number of aryl methyl sites for hydroxylation is 1. The number of nitrogens with one attached hydrogen (secondary N) is 2. The third-order valence-electron chi connectivity index (χ3n) is 4.30. The molecule has 0 aliphatic rings. The molecule has 0 saturated carbocycles. The highest BCUT2D eigenvalue weighted by Gasteiger charge is 2.15. The van der Waals surface area contributed by atoms with Crippen LogP contribution in [0.5, 0.6) is 17.2 Å². The first-order valence-corrected chi connectivity index (χ1v) is 8.89. The van der Waals surface area contributed by atoms with E-state index in [0.29, 0.717) is 30.3 Å². The van der Waals surface area contributed by atoms with Gasteiger partial charge in [0.2, 0.25) is 5.75 Å². The van der Waals surface area contributed by atoms with Gasteiger partial charge in [-0.2, -0.15) is 0 Å². The van der Waals surface area contributed by atoms with Crippen LogP contribution in [0.3, 0.4) is 0 Å². The van der Waals surface area contributed by atoms with Crippen LogP contribution in [0, 0.1) is 6.92 Å². The average molecular weight is 373 g/mol. The molecule has 0 saturated heterocycles. The van der Waals surface area contributed by atoms with Crippen LogP contribution in [0.2, 0.25) is 0 Å². The lowest BCUT2D eigenvalue weighted by molar-refractivity contribution is -0.885. The summed E-state index contributed by atoms with van der Waals surface area (Å²) in [5.74, 6) is 1.68. The second-order valence-electron chi connectivity index (χ2n) is 6.61. The molecule has 2 N–H and O–H groups in total. The van der Waals surface area contributed by atoms with Gasteiger partial charge >= 0.3 is 0 Å². The molecule has 27 heavy (non-hydrogen) atoms. The van der Waals surface area contributed by atoms with E-state index in [0.717, 1.165) is 17.0 Å². The van der Waals surface area contributed by atoms with E-state index in [2.05, 4.69) is 36.5 Å². The molecule has 146 valence electrons. The Labute approximate surface area is 161 Å². The molecule has 2 rings (SSSR count). The molecule has 6 nitrogen and oxygen atoms in total. The molecular formula is C21H29N2O4+. The van der Waals surface area contributed by atoms with Crippen LogP contribution in [0.15, 0.2) is 36.4 Å². The van der Waals surface area contributed by atoms with E-state index in [1.54, 1.807) is 21.3 Å². The third kappa shape index (κ3) is 5.89. The minimum atomic E-state index is -0.00614. The first-order valence-electron chi connectivity index (χ1n) is 8.89. The van der Waals surface area contributed by atoms with Crippen LogP contribution in [0.4, 0.5) is 0 Å². The van der Waals surface area contributed by atoms with Gasteiger partial charge in [0.1, 0.15) is 6.54 Å². The number of hydrogen-bond acceptors (Lipinski definition) is 4. The van der Waals surface area contributed by atoms with Crippen LogP contribution in [0.1, 0.15) is 16.7 Å². The van der Waals surface area contributed by atoms with Crippen molar-refractivity contribution >= 4 is 5.91 Å². The molecule has 1 amide bonds. The van der Waals surface area contributed by atoms with Gasteiger partial charge in [-0.3, -0.25) is 4.79 Å². The van der Waals surface area contributed by atoms with E-state index in [4.69, 9.17) is 14.2 Å². The minimum Gasteiger partial charge on any atom is -0.493 e. The van der Waals surface area contributed by atoms with E-state index in [9.17, 15) is 4.79 Å². The molecule has 1 atom stereocenters. The summed E-state index contributed by atoms with van der Waals surface area (Å²) in [4.78, 5) is 13.4. The molecule has 0 radical (unpaired) electrons. The Morgan fingerprint density at radius 1 is 0.963 bits per heavy atom. The summed E-state index contributed by atoms with van der Waals surface area (Å²) >= 11 is 0. The van der Waals surface area contributed by atoms with Gasteiger partial charge in [-0.05, 0) is 24.6 Å². The fourth-order valence-corrected chi connectivity index (χ4v) is 2.89. The topological polar surface area (TPSA) is 61.2 Å². The van der Waals surface area contributed by atoms with Gasteiger partial charge in [-0.25, -0.2) is 0 Å². The lowest BCUT2D eigenvalue weighted by atomic mass is 10.1. The highest BCUT2D eigenvalue weighted by atomic mass is 16.5. The fourth-order valence-electron chi connectivity index (χ4n) is 2.89. The summed E-state index contributed by atoms with van der Waals surface area (Å²) in [6, 6.07) is 12.1. The first kappa shape index (κ1) is 20.6. The number of carbonyl (C=O) groups is 1. The molecule has 2 aromatic carbocycles. The van der Waals surface area contributed by atoms with Crippen molar-refractivity contribution in [3.63, 3.8) is 0 Å². The van der Waals surface area contributed by atoms with Gasteiger partial charge in [0.05, 0.1) is 28.4 Å². The number of amides is 1. The maximum absolute atomic E-state index is 12.3. The second kappa shape index (κ2) is 9.83. The Bertz CT molecular complexity index is 734. The predicted octanol–water partition coefficient (Wildman–Crippen LogP) is 1.35. The highest BCUT2D eigenvalue weighted by molar-refractivity contribution is 5.76. The molecule has 0 bridgehead atoms. The van der Waals surface area contributed by atoms with Gasteiger partial charge < -0.3 is 24.4 Å². The molecule has 1 unspecified atom stereocenters. The van der Waals surface area contributed by atoms with E-state index < -0.39 is 0 Å². The molecule has 0 fully saturated rings. The van der Waals surface area contributed by atoms with Gasteiger partial charge in [-0.15, -0.1) is 0 Å². The first-order chi connectivity index (χ1) is 13.0. The monoisotopic (exact) mass is 373 g/mol. The maximum atomic E-state index is 12.3. The van der Waals surface area contributed by atoms with Crippen molar-refractivity contribution in [2.75, 3.05) is 34.9 Å². The maximum Gasteiger partial charge on any atom is 0.275 e. The summed E-state index contributed by atoms with van der Waals surface area (Å²) in [5.41, 5.74) is 3.34. The van der Waals surface area contributed by atoms with Gasteiger partial charge in [0.25, 0.3) is 5.91 Å². The van der Waals surface area contributed by atoms with Crippen molar-refractivity contribution in [1.82, 2.24) is 5.32 Å². The van der Waals surface area contributed by atoms with Crippen molar-refractivity contribution < 1.29 is 23.9 Å². The summed E-state index contributed by atoms with van der Waals surface area (Å²) < 4.78 is 16.0. The van der Waals surface area contributed by atoms with Crippen molar-refractivity contribution in [3.8, 4) is 17.2 Å². The molecule has 0 aromatic heterocycles. The van der Waals surface area contributed by atoms with Crippen molar-refractivity contribution in [1.29, 1.82) is 0 Å². The Morgan fingerprint density at radius 3 is 2.07 bits per heavy atom. The summed E-state index contributed by atoms with van der Waals surface area (Å²) in [7, 11) is 6.72. The SMILES string of the molecule is COc1cc(CNC(=O)C[NH+](C)Cc2ccc(C)cc2)cc(OC)c1OC. The van der Waals surface area contributed by atoms with Crippen LogP contribution in [-0.2, 0) is 17.9 Å². The van der Waals surface area contributed by atoms with Gasteiger partial charge in [-0.1, -0.05) is 29.8 Å². The number of quaternary nitrogens is 1. The van der Waals surface area contributed by atoms with Crippen LogP contribution in [-0.4, -0.2) is 40.8 Å². The predicted molar refractivity (Wildman–Crippen MR) is 105 cm³/mol. The molecule has 0 heterocycles. The second-order valence-corrected chi connectivity index (χ2v) is 6.61. The van der Waals surface area contributed by atoms with Crippen LogP contribution in [0.25, 0.3) is 0 Å². The summed E-state index contributed by atoms with van der Waals surface area (Å²) in [6.45, 7) is 3.67. The standard InChI is InChI=1S/C21H28N2O4/c1-15-6-8-16(9-7-15)13-23(2)14-20(24)22-12-17-10-18(25-3)21(27-5)19(11-17)26-4/h6-11H,12-14H2,1-5H3,(H,22,24)/p+1. The quantitative estimate of drug-likeness (QED) is 0.697. The molecular weight excluding hydrogens is 344 g/mol. The number of carbonyl (C=O) groups excluding carboxylic acids is 1. The highest BCUT2D eigenvalue weighted by Crippen LogP contribution is 2.38. The largest absolute Gasteiger partial charge is 0.493 e. The van der Waals surface area contributed by atoms with Crippen LogP contribution < -0.4 is 24.4 Å². The lowest BCUT2D eigenvalue weighted by Gasteiger charge is -2.16. The zero-order valence-electron chi connectivity index (χ0n) is 16.7. The van der Waals surface area contributed by atoms with Gasteiger partial charge in [0, 0.05) is 12.1 Å².